The van der Waals surface area contributed by atoms with Gasteiger partial charge in [-0.3, -0.25) is 9.59 Å². The first kappa shape index (κ1) is 15.8. The maximum atomic E-state index is 12.2. The van der Waals surface area contributed by atoms with Crippen molar-refractivity contribution in [1.82, 2.24) is 5.32 Å². The van der Waals surface area contributed by atoms with E-state index in [9.17, 15) is 9.59 Å². The van der Waals surface area contributed by atoms with E-state index in [1.165, 1.54) is 27.8 Å². The topological polar surface area (TPSA) is 58.2 Å². The van der Waals surface area contributed by atoms with Crippen molar-refractivity contribution in [3.05, 3.63) is 63.8 Å². The summed E-state index contributed by atoms with van der Waals surface area (Å²) in [7, 11) is 0. The number of carbonyl (C=O) groups excluding carboxylic acids is 2. The molecule has 5 heteroatoms. The molecule has 1 aliphatic rings. The molecule has 0 radical (unpaired) electrons. The van der Waals surface area contributed by atoms with Gasteiger partial charge in [0.1, 0.15) is 0 Å². The van der Waals surface area contributed by atoms with Crippen LogP contribution in [-0.2, 0) is 17.6 Å². The number of hydrogen-bond donors (Lipinski definition) is 2. The number of rotatable bonds is 5. The molecule has 0 saturated heterocycles. The average molecular weight is 350 g/mol. The van der Waals surface area contributed by atoms with Crippen molar-refractivity contribution in [3.8, 4) is 0 Å². The minimum atomic E-state index is -0.131. The number of amides is 2. The van der Waals surface area contributed by atoms with Gasteiger partial charge in [-0.05, 0) is 46.9 Å². The van der Waals surface area contributed by atoms with Crippen LogP contribution >= 0.6 is 11.3 Å². The number of benzene rings is 2. The van der Waals surface area contributed by atoms with Crippen LogP contribution in [-0.4, -0.2) is 18.4 Å². The first-order chi connectivity index (χ1) is 12.2. The predicted octanol–water partition coefficient (Wildman–Crippen LogP) is 3.76. The van der Waals surface area contributed by atoms with E-state index >= 15 is 0 Å². The Hall–Kier alpha value is -2.66. The lowest BCUT2D eigenvalue weighted by Crippen LogP contribution is -2.27. The Morgan fingerprint density at radius 3 is 2.64 bits per heavy atom. The van der Waals surface area contributed by atoms with Gasteiger partial charge in [0.05, 0.1) is 4.88 Å². The van der Waals surface area contributed by atoms with Crippen LogP contribution in [0.2, 0.25) is 0 Å². The van der Waals surface area contributed by atoms with Crippen LogP contribution in [0.15, 0.2) is 47.8 Å². The fraction of sp³-hybridized carbons (Fsp3) is 0.200. The van der Waals surface area contributed by atoms with E-state index in [1.54, 1.807) is 6.07 Å². The maximum Gasteiger partial charge on any atom is 0.261 e. The van der Waals surface area contributed by atoms with Crippen LogP contribution in [0.5, 0.6) is 0 Å². The van der Waals surface area contributed by atoms with Gasteiger partial charge in [0, 0.05) is 24.0 Å². The Bertz CT molecular complexity index is 937. The first-order valence-corrected chi connectivity index (χ1v) is 9.25. The van der Waals surface area contributed by atoms with Gasteiger partial charge >= 0.3 is 0 Å². The van der Waals surface area contributed by atoms with Crippen molar-refractivity contribution in [2.24, 2.45) is 0 Å². The maximum absolute atomic E-state index is 12.2. The second kappa shape index (κ2) is 6.69. The molecule has 0 spiro atoms. The monoisotopic (exact) mass is 350 g/mol. The van der Waals surface area contributed by atoms with E-state index in [2.05, 4.69) is 28.8 Å². The van der Waals surface area contributed by atoms with Gasteiger partial charge in [0.25, 0.3) is 5.91 Å². The highest BCUT2D eigenvalue weighted by Crippen LogP contribution is 2.34. The molecule has 4 nitrogen and oxygen atoms in total. The van der Waals surface area contributed by atoms with Gasteiger partial charge in [0.2, 0.25) is 5.91 Å². The van der Waals surface area contributed by atoms with Gasteiger partial charge in [0.15, 0.2) is 0 Å². The predicted molar refractivity (Wildman–Crippen MR) is 101 cm³/mol. The van der Waals surface area contributed by atoms with Crippen molar-refractivity contribution in [2.45, 2.75) is 19.3 Å². The second-order valence-electron chi connectivity index (χ2n) is 6.14. The molecule has 0 fully saturated rings. The molecule has 1 aromatic heterocycles. The van der Waals surface area contributed by atoms with E-state index < -0.39 is 0 Å². The minimum Gasteiger partial charge on any atom is -0.351 e. The van der Waals surface area contributed by atoms with Gasteiger partial charge in [-0.15, -0.1) is 11.3 Å². The summed E-state index contributed by atoms with van der Waals surface area (Å²) in [5, 5.41) is 10.0. The van der Waals surface area contributed by atoms with Crippen LogP contribution in [0.1, 0.15) is 27.2 Å². The molecule has 25 heavy (non-hydrogen) atoms. The molecular weight excluding hydrogens is 332 g/mol. The Morgan fingerprint density at radius 1 is 1.00 bits per heavy atom. The molecule has 1 aliphatic carbocycles. The average Bonchev–Trinajstić information content (AvgIpc) is 3.28. The van der Waals surface area contributed by atoms with E-state index in [-0.39, 0.29) is 18.2 Å². The molecule has 1 heterocycles. The summed E-state index contributed by atoms with van der Waals surface area (Å²) in [6, 6.07) is 14.0. The van der Waals surface area contributed by atoms with Crippen LogP contribution in [0, 0.1) is 0 Å². The van der Waals surface area contributed by atoms with E-state index in [0.29, 0.717) is 11.4 Å². The highest BCUT2D eigenvalue weighted by molar-refractivity contribution is 7.12. The minimum absolute atomic E-state index is 0.0924. The lowest BCUT2D eigenvalue weighted by Gasteiger charge is -2.11. The summed E-state index contributed by atoms with van der Waals surface area (Å²) in [6.45, 7) is 0.323. The van der Waals surface area contributed by atoms with Crippen LogP contribution in [0.3, 0.4) is 0 Å². The zero-order chi connectivity index (χ0) is 17.2. The normalized spacial score (nSPS) is 12.3. The van der Waals surface area contributed by atoms with Crippen LogP contribution in [0.4, 0.5) is 5.69 Å². The summed E-state index contributed by atoms with van der Waals surface area (Å²) in [6.07, 6.45) is 2.39. The van der Waals surface area contributed by atoms with Crippen molar-refractivity contribution in [3.63, 3.8) is 0 Å². The number of thiophene rings is 1. The van der Waals surface area contributed by atoms with Crippen molar-refractivity contribution < 1.29 is 9.59 Å². The van der Waals surface area contributed by atoms with E-state index in [4.69, 9.17) is 0 Å². The summed E-state index contributed by atoms with van der Waals surface area (Å²) in [5.41, 5.74) is 3.55. The first-order valence-electron chi connectivity index (χ1n) is 8.37. The molecule has 126 valence electrons. The van der Waals surface area contributed by atoms with Crippen molar-refractivity contribution >= 4 is 39.6 Å². The smallest absolute Gasteiger partial charge is 0.261 e. The van der Waals surface area contributed by atoms with Crippen molar-refractivity contribution in [1.29, 1.82) is 0 Å². The third kappa shape index (κ3) is 3.15. The van der Waals surface area contributed by atoms with E-state index in [1.807, 2.05) is 23.6 Å². The van der Waals surface area contributed by atoms with Crippen LogP contribution < -0.4 is 10.6 Å². The Labute approximate surface area is 149 Å². The van der Waals surface area contributed by atoms with Gasteiger partial charge in [-0.2, -0.15) is 0 Å². The number of anilines is 1. The molecule has 0 saturated carbocycles. The molecule has 3 aromatic rings. The largest absolute Gasteiger partial charge is 0.351 e. The molecule has 2 amide bonds. The number of nitrogens with one attached hydrogen (secondary N) is 2. The molecule has 4 rings (SSSR count). The molecular formula is C20H18N2O2S. The van der Waals surface area contributed by atoms with Crippen LogP contribution in [0.25, 0.3) is 10.8 Å². The number of hydrogen-bond acceptors (Lipinski definition) is 3. The second-order valence-corrected chi connectivity index (χ2v) is 7.09. The van der Waals surface area contributed by atoms with Gasteiger partial charge < -0.3 is 10.6 Å². The Kier molecular flexibility index (Phi) is 4.24. The third-order valence-electron chi connectivity index (χ3n) is 4.53. The zero-order valence-corrected chi connectivity index (χ0v) is 14.5. The fourth-order valence-electron chi connectivity index (χ4n) is 3.35. The highest BCUT2D eigenvalue weighted by Gasteiger charge is 2.16. The summed E-state index contributed by atoms with van der Waals surface area (Å²) in [5.74, 6) is -0.224. The lowest BCUT2D eigenvalue weighted by molar-refractivity contribution is -0.116. The quantitative estimate of drug-likeness (QED) is 0.736. The van der Waals surface area contributed by atoms with Gasteiger partial charge in [-0.25, -0.2) is 0 Å². The fourth-order valence-corrected chi connectivity index (χ4v) is 3.99. The highest BCUT2D eigenvalue weighted by atomic mass is 32.1. The molecule has 0 aliphatic heterocycles. The molecule has 2 N–H and O–H groups in total. The number of carbonyl (C=O) groups is 2. The third-order valence-corrected chi connectivity index (χ3v) is 5.40. The van der Waals surface area contributed by atoms with Gasteiger partial charge in [-0.1, -0.05) is 30.3 Å². The summed E-state index contributed by atoms with van der Waals surface area (Å²) in [4.78, 5) is 24.8. The Balaban J connectivity index is 1.40. The lowest BCUT2D eigenvalue weighted by atomic mass is 10.0. The Morgan fingerprint density at radius 2 is 1.84 bits per heavy atom. The van der Waals surface area contributed by atoms with E-state index in [0.717, 1.165) is 23.9 Å². The summed E-state index contributed by atoms with van der Waals surface area (Å²) < 4.78 is 0. The molecule has 0 bridgehead atoms. The zero-order valence-electron chi connectivity index (χ0n) is 13.7. The number of aryl methyl sites for hydroxylation is 2. The standard InChI is InChI=1S/C20H18N2O2S/c23-18(10-11-21-20(24)17-5-2-12-25-17)22-16-9-8-14-7-6-13-3-1-4-15(16)19(13)14/h1-5,8-9,12H,6-7,10-11H2,(H,21,24)(H,22,23). The summed E-state index contributed by atoms with van der Waals surface area (Å²) >= 11 is 1.39. The molecule has 0 atom stereocenters. The SMILES string of the molecule is O=C(CCNC(=O)c1cccs1)Nc1ccc2c3c(cccc13)CC2. The molecule has 0 unspecified atom stereocenters. The van der Waals surface area contributed by atoms with Crippen molar-refractivity contribution in [2.75, 3.05) is 11.9 Å². The molecule has 2 aromatic carbocycles.